The van der Waals surface area contributed by atoms with Gasteiger partial charge in [0.05, 0.1) is 11.9 Å². The Bertz CT molecular complexity index is 473. The van der Waals surface area contributed by atoms with Crippen molar-refractivity contribution < 1.29 is 4.79 Å². The van der Waals surface area contributed by atoms with Gasteiger partial charge in [0.2, 0.25) is 0 Å². The predicted molar refractivity (Wildman–Crippen MR) is 86.7 cm³/mol. The molecule has 0 bridgehead atoms. The van der Waals surface area contributed by atoms with E-state index < -0.39 is 0 Å². The Morgan fingerprint density at radius 1 is 1.33 bits per heavy atom. The molecule has 1 rings (SSSR count). The van der Waals surface area contributed by atoms with Gasteiger partial charge in [0, 0.05) is 25.6 Å². The molecular weight excluding hydrogens is 264 g/mol. The van der Waals surface area contributed by atoms with Gasteiger partial charge in [-0.25, -0.2) is 9.97 Å². The molecule has 0 aliphatic carbocycles. The van der Waals surface area contributed by atoms with Crippen LogP contribution in [0.25, 0.3) is 0 Å². The van der Waals surface area contributed by atoms with Gasteiger partial charge in [-0.15, -0.1) is 0 Å². The summed E-state index contributed by atoms with van der Waals surface area (Å²) in [5, 5.41) is 3.18. The minimum Gasteiger partial charge on any atom is -0.382 e. The minimum absolute atomic E-state index is 0.0452. The lowest BCUT2D eigenvalue weighted by atomic mass is 10.1. The van der Waals surface area contributed by atoms with E-state index in [1.165, 1.54) is 0 Å². The Labute approximate surface area is 128 Å². The summed E-state index contributed by atoms with van der Waals surface area (Å²) in [5.41, 5.74) is 1.18. The van der Waals surface area contributed by atoms with Crippen LogP contribution in [0, 0.1) is 0 Å². The van der Waals surface area contributed by atoms with Crippen molar-refractivity contribution in [3.8, 4) is 0 Å². The highest BCUT2D eigenvalue weighted by molar-refractivity contribution is 5.97. The number of carbonyl (C=O) groups is 1. The van der Waals surface area contributed by atoms with E-state index in [4.69, 9.17) is 0 Å². The molecule has 1 aromatic rings. The molecule has 1 unspecified atom stereocenters. The fourth-order valence-corrected chi connectivity index (χ4v) is 2.14. The van der Waals surface area contributed by atoms with Crippen LogP contribution in [0.3, 0.4) is 0 Å². The smallest absolute Gasteiger partial charge is 0.274 e. The average Bonchev–Trinajstić information content (AvgIpc) is 2.46. The molecule has 1 amide bonds. The highest BCUT2D eigenvalue weighted by Crippen LogP contribution is 2.19. The normalized spacial score (nSPS) is 12.3. The summed E-state index contributed by atoms with van der Waals surface area (Å²) >= 11 is 0. The molecule has 0 aliphatic rings. The van der Waals surface area contributed by atoms with Crippen molar-refractivity contribution in [3.63, 3.8) is 0 Å². The van der Waals surface area contributed by atoms with Crippen molar-refractivity contribution >= 4 is 11.6 Å². The van der Waals surface area contributed by atoms with Gasteiger partial charge < -0.3 is 10.2 Å². The molecule has 1 atom stereocenters. The Morgan fingerprint density at radius 2 is 2.00 bits per heavy atom. The highest BCUT2D eigenvalue weighted by atomic mass is 16.2. The molecule has 0 aliphatic heterocycles. The Kier molecular flexibility index (Phi) is 6.59. The number of nitrogens with zero attached hydrogens (tertiary/aromatic N) is 3. The maximum atomic E-state index is 12.7. The number of amides is 1. The van der Waals surface area contributed by atoms with Crippen molar-refractivity contribution in [2.24, 2.45) is 0 Å². The van der Waals surface area contributed by atoms with E-state index in [1.807, 2.05) is 27.8 Å². The van der Waals surface area contributed by atoms with Crippen LogP contribution in [0.5, 0.6) is 0 Å². The van der Waals surface area contributed by atoms with Crippen molar-refractivity contribution in [3.05, 3.63) is 17.7 Å². The molecule has 0 fully saturated rings. The molecule has 5 nitrogen and oxygen atoms in total. The third-order valence-corrected chi connectivity index (χ3v) is 3.58. The van der Waals surface area contributed by atoms with Gasteiger partial charge in [-0.1, -0.05) is 27.2 Å². The quantitative estimate of drug-likeness (QED) is 0.837. The van der Waals surface area contributed by atoms with Crippen molar-refractivity contribution in [2.75, 3.05) is 18.9 Å². The lowest BCUT2D eigenvalue weighted by molar-refractivity contribution is 0.0731. The fraction of sp³-hybridized carbons (Fsp3) is 0.688. The van der Waals surface area contributed by atoms with E-state index in [9.17, 15) is 4.79 Å². The van der Waals surface area contributed by atoms with E-state index >= 15 is 0 Å². The zero-order chi connectivity index (χ0) is 16.0. The fourth-order valence-electron chi connectivity index (χ4n) is 2.14. The number of nitrogens with one attached hydrogen (secondary N) is 1. The van der Waals surface area contributed by atoms with Gasteiger partial charge in [-0.05, 0) is 20.3 Å². The summed E-state index contributed by atoms with van der Waals surface area (Å²) in [4.78, 5) is 23.3. The predicted octanol–water partition coefficient (Wildman–Crippen LogP) is 3.29. The molecule has 0 saturated heterocycles. The SMILES string of the molecule is CCCC(C)N(C)C(=O)c1nc(C(C)C)ncc1NCC. The first-order valence-corrected chi connectivity index (χ1v) is 7.80. The number of carbonyl (C=O) groups excluding carboxylic acids is 1. The van der Waals surface area contributed by atoms with Crippen LogP contribution in [0.1, 0.15) is 69.7 Å². The number of anilines is 1. The van der Waals surface area contributed by atoms with Crippen LogP contribution < -0.4 is 5.32 Å². The van der Waals surface area contributed by atoms with Crippen molar-refractivity contribution in [1.82, 2.24) is 14.9 Å². The highest BCUT2D eigenvalue weighted by Gasteiger charge is 2.22. The summed E-state index contributed by atoms with van der Waals surface area (Å²) < 4.78 is 0. The second-order valence-electron chi connectivity index (χ2n) is 5.73. The van der Waals surface area contributed by atoms with E-state index in [0.717, 1.165) is 19.4 Å². The third kappa shape index (κ3) is 4.41. The first-order valence-electron chi connectivity index (χ1n) is 7.80. The van der Waals surface area contributed by atoms with Gasteiger partial charge >= 0.3 is 0 Å². The summed E-state index contributed by atoms with van der Waals surface area (Å²) in [6, 6.07) is 0.203. The Hall–Kier alpha value is -1.65. The minimum atomic E-state index is -0.0452. The molecule has 21 heavy (non-hydrogen) atoms. The molecule has 5 heteroatoms. The molecule has 1 heterocycles. The zero-order valence-electron chi connectivity index (χ0n) is 14.1. The van der Waals surface area contributed by atoms with Crippen LogP contribution >= 0.6 is 0 Å². The maximum absolute atomic E-state index is 12.7. The third-order valence-electron chi connectivity index (χ3n) is 3.58. The van der Waals surface area contributed by atoms with Gasteiger partial charge in [0.1, 0.15) is 5.82 Å². The molecule has 1 aromatic heterocycles. The number of aromatic nitrogens is 2. The van der Waals surface area contributed by atoms with E-state index in [1.54, 1.807) is 11.1 Å². The maximum Gasteiger partial charge on any atom is 0.274 e. The molecule has 0 aromatic carbocycles. The molecular formula is C16H28N4O. The van der Waals surface area contributed by atoms with Gasteiger partial charge in [-0.2, -0.15) is 0 Å². The lowest BCUT2D eigenvalue weighted by Gasteiger charge is -2.25. The molecule has 118 valence electrons. The van der Waals surface area contributed by atoms with Gasteiger partial charge in [0.25, 0.3) is 5.91 Å². The molecule has 0 spiro atoms. The van der Waals surface area contributed by atoms with Crippen LogP contribution in [0.2, 0.25) is 0 Å². The largest absolute Gasteiger partial charge is 0.382 e. The number of hydrogen-bond donors (Lipinski definition) is 1. The Balaban J connectivity index is 3.12. The lowest BCUT2D eigenvalue weighted by Crippen LogP contribution is -2.36. The number of rotatable bonds is 7. The van der Waals surface area contributed by atoms with E-state index in [2.05, 4.69) is 29.1 Å². The van der Waals surface area contributed by atoms with E-state index in [-0.39, 0.29) is 17.9 Å². The van der Waals surface area contributed by atoms with E-state index in [0.29, 0.717) is 17.2 Å². The van der Waals surface area contributed by atoms with Gasteiger partial charge in [-0.3, -0.25) is 4.79 Å². The second kappa shape index (κ2) is 7.96. The van der Waals surface area contributed by atoms with Crippen LogP contribution in [-0.4, -0.2) is 40.4 Å². The molecule has 0 saturated carbocycles. The summed E-state index contributed by atoms with van der Waals surface area (Å²) in [6.45, 7) is 11.0. The average molecular weight is 292 g/mol. The number of hydrogen-bond acceptors (Lipinski definition) is 4. The van der Waals surface area contributed by atoms with Crippen molar-refractivity contribution in [2.45, 2.75) is 59.4 Å². The second-order valence-corrected chi connectivity index (χ2v) is 5.73. The summed E-state index contributed by atoms with van der Waals surface area (Å²) in [5.74, 6) is 0.860. The molecule has 0 radical (unpaired) electrons. The summed E-state index contributed by atoms with van der Waals surface area (Å²) in [7, 11) is 1.84. The summed E-state index contributed by atoms with van der Waals surface area (Å²) in [6.07, 6.45) is 3.76. The monoisotopic (exact) mass is 292 g/mol. The van der Waals surface area contributed by atoms with Crippen molar-refractivity contribution in [1.29, 1.82) is 0 Å². The standard InChI is InChI=1S/C16H28N4O/c1-7-9-12(5)20(6)16(21)14-13(17-8-2)10-18-15(19-14)11(3)4/h10-12,17H,7-9H2,1-6H3. The first-order chi connectivity index (χ1) is 9.92. The first kappa shape index (κ1) is 17.4. The zero-order valence-corrected chi connectivity index (χ0v) is 14.1. The topological polar surface area (TPSA) is 58.1 Å². The van der Waals surface area contributed by atoms with Crippen LogP contribution in [0.15, 0.2) is 6.20 Å². The van der Waals surface area contributed by atoms with Gasteiger partial charge in [0.15, 0.2) is 5.69 Å². The molecule has 1 N–H and O–H groups in total. The van der Waals surface area contributed by atoms with Crippen LogP contribution in [0.4, 0.5) is 5.69 Å². The van der Waals surface area contributed by atoms with Crippen LogP contribution in [-0.2, 0) is 0 Å². The Morgan fingerprint density at radius 3 is 2.52 bits per heavy atom.